The fraction of sp³-hybridized carbons (Fsp3) is 0.333. The molecule has 7 heteroatoms. The zero-order valence-electron chi connectivity index (χ0n) is 13.8. The van der Waals surface area contributed by atoms with Crippen LogP contribution in [0.5, 0.6) is 0 Å². The molecular weight excluding hydrogens is 333 g/mol. The molecular formula is C18H19F3N2O2. The van der Waals surface area contributed by atoms with Gasteiger partial charge >= 0.3 is 6.18 Å². The molecule has 0 radical (unpaired) electrons. The molecule has 2 rings (SSSR count). The second kappa shape index (κ2) is 8.00. The number of pyridine rings is 1. The van der Waals surface area contributed by atoms with Gasteiger partial charge in [-0.05, 0) is 36.6 Å². The first-order valence-corrected chi connectivity index (χ1v) is 7.96. The van der Waals surface area contributed by atoms with E-state index in [1.165, 1.54) is 0 Å². The molecule has 0 saturated heterocycles. The number of unbranched alkanes of at least 4 members (excludes halogenated alkanes) is 1. The summed E-state index contributed by atoms with van der Waals surface area (Å²) in [5.74, 6) is -0.567. The van der Waals surface area contributed by atoms with E-state index in [1.54, 1.807) is 12.1 Å². The van der Waals surface area contributed by atoms with Crippen molar-refractivity contribution in [3.8, 4) is 0 Å². The number of nitrogens with one attached hydrogen (secondary N) is 1. The predicted octanol–water partition coefficient (Wildman–Crippen LogP) is 3.85. The second-order valence-electron chi connectivity index (χ2n) is 5.73. The summed E-state index contributed by atoms with van der Waals surface area (Å²) in [4.78, 5) is 23.6. The maximum absolute atomic E-state index is 12.7. The van der Waals surface area contributed by atoms with Crippen molar-refractivity contribution in [1.82, 2.24) is 4.57 Å². The molecule has 1 amide bonds. The van der Waals surface area contributed by atoms with Gasteiger partial charge in [-0.1, -0.05) is 25.5 Å². The fourth-order valence-electron chi connectivity index (χ4n) is 2.31. The first-order chi connectivity index (χ1) is 11.8. The van der Waals surface area contributed by atoms with E-state index in [4.69, 9.17) is 0 Å². The molecule has 0 aliphatic rings. The number of halogens is 3. The molecule has 0 aliphatic carbocycles. The lowest BCUT2D eigenvalue weighted by molar-refractivity contribution is -0.138. The fourth-order valence-corrected chi connectivity index (χ4v) is 2.31. The van der Waals surface area contributed by atoms with Crippen LogP contribution >= 0.6 is 0 Å². The van der Waals surface area contributed by atoms with Crippen LogP contribution < -0.4 is 10.9 Å². The van der Waals surface area contributed by atoms with Crippen LogP contribution in [0.1, 0.15) is 30.9 Å². The van der Waals surface area contributed by atoms with Gasteiger partial charge in [-0.3, -0.25) is 9.59 Å². The Morgan fingerprint density at radius 1 is 1.12 bits per heavy atom. The normalized spacial score (nSPS) is 11.4. The van der Waals surface area contributed by atoms with E-state index in [1.807, 2.05) is 12.1 Å². The molecule has 0 saturated carbocycles. The van der Waals surface area contributed by atoms with E-state index in [-0.39, 0.29) is 0 Å². The molecule has 0 atom stereocenters. The summed E-state index contributed by atoms with van der Waals surface area (Å²) in [6.07, 6.45) is -0.811. The Morgan fingerprint density at radius 3 is 2.40 bits per heavy atom. The maximum Gasteiger partial charge on any atom is 0.417 e. The highest BCUT2D eigenvalue weighted by Crippen LogP contribution is 2.28. The minimum Gasteiger partial charge on any atom is -0.325 e. The molecule has 0 unspecified atom stereocenters. The van der Waals surface area contributed by atoms with Crippen molar-refractivity contribution in [3.63, 3.8) is 0 Å². The molecule has 0 spiro atoms. The van der Waals surface area contributed by atoms with Crippen molar-refractivity contribution in [2.24, 2.45) is 0 Å². The van der Waals surface area contributed by atoms with E-state index >= 15 is 0 Å². The predicted molar refractivity (Wildman–Crippen MR) is 89.4 cm³/mol. The number of aromatic nitrogens is 1. The topological polar surface area (TPSA) is 51.1 Å². The van der Waals surface area contributed by atoms with Crippen LogP contribution in [0.3, 0.4) is 0 Å². The van der Waals surface area contributed by atoms with E-state index in [0.29, 0.717) is 18.0 Å². The summed E-state index contributed by atoms with van der Waals surface area (Å²) < 4.78 is 38.8. The van der Waals surface area contributed by atoms with Gasteiger partial charge in [0, 0.05) is 18.0 Å². The van der Waals surface area contributed by atoms with Crippen molar-refractivity contribution < 1.29 is 18.0 Å². The summed E-state index contributed by atoms with van der Waals surface area (Å²) in [6, 6.07) is 8.75. The third kappa shape index (κ3) is 5.48. The number of carbonyl (C=O) groups is 1. The van der Waals surface area contributed by atoms with Crippen molar-refractivity contribution in [1.29, 1.82) is 0 Å². The molecule has 1 aromatic carbocycles. The smallest absolute Gasteiger partial charge is 0.325 e. The first kappa shape index (κ1) is 18.8. The van der Waals surface area contributed by atoms with Gasteiger partial charge in [0.2, 0.25) is 5.91 Å². The third-order valence-electron chi connectivity index (χ3n) is 3.68. The second-order valence-corrected chi connectivity index (χ2v) is 5.73. The Kier molecular flexibility index (Phi) is 6.01. The third-order valence-corrected chi connectivity index (χ3v) is 3.68. The van der Waals surface area contributed by atoms with Crippen LogP contribution in [-0.4, -0.2) is 10.5 Å². The molecule has 1 aromatic heterocycles. The SMILES string of the molecule is CCCCc1ccc(NC(=O)Cn2cc(C(F)(F)F)ccc2=O)cc1. The molecule has 2 aromatic rings. The van der Waals surface area contributed by atoms with Crippen LogP contribution in [0.2, 0.25) is 0 Å². The number of hydrogen-bond acceptors (Lipinski definition) is 2. The molecule has 0 fully saturated rings. The summed E-state index contributed by atoms with van der Waals surface area (Å²) in [5.41, 5.74) is 0.0393. The van der Waals surface area contributed by atoms with Gasteiger partial charge in [0.05, 0.1) is 5.56 Å². The monoisotopic (exact) mass is 352 g/mol. The number of hydrogen-bond donors (Lipinski definition) is 1. The van der Waals surface area contributed by atoms with Crippen molar-refractivity contribution in [2.75, 3.05) is 5.32 Å². The number of alkyl halides is 3. The van der Waals surface area contributed by atoms with Crippen LogP contribution in [0.4, 0.5) is 18.9 Å². The molecule has 4 nitrogen and oxygen atoms in total. The largest absolute Gasteiger partial charge is 0.417 e. The number of aryl methyl sites for hydroxylation is 1. The van der Waals surface area contributed by atoms with E-state index in [0.717, 1.165) is 35.5 Å². The lowest BCUT2D eigenvalue weighted by atomic mass is 10.1. The van der Waals surface area contributed by atoms with E-state index < -0.39 is 29.8 Å². The number of rotatable bonds is 6. The number of nitrogens with zero attached hydrogens (tertiary/aromatic N) is 1. The quantitative estimate of drug-likeness (QED) is 0.859. The molecule has 0 bridgehead atoms. The summed E-state index contributed by atoms with van der Waals surface area (Å²) >= 11 is 0. The zero-order chi connectivity index (χ0) is 18.4. The Balaban J connectivity index is 2.04. The average molecular weight is 352 g/mol. The van der Waals surface area contributed by atoms with Gasteiger partial charge in [0.25, 0.3) is 5.56 Å². The standard InChI is InChI=1S/C18H19F3N2O2/c1-2-3-4-13-5-8-15(9-6-13)22-16(24)12-23-11-14(18(19,20)21)7-10-17(23)25/h5-11H,2-4,12H2,1H3,(H,22,24). The average Bonchev–Trinajstić information content (AvgIpc) is 2.55. The maximum atomic E-state index is 12.7. The van der Waals surface area contributed by atoms with E-state index in [9.17, 15) is 22.8 Å². The first-order valence-electron chi connectivity index (χ1n) is 7.96. The molecule has 1 N–H and O–H groups in total. The summed E-state index contributed by atoms with van der Waals surface area (Å²) in [6.45, 7) is 1.62. The lowest BCUT2D eigenvalue weighted by Crippen LogP contribution is -2.28. The van der Waals surface area contributed by atoms with Crippen LogP contribution in [0.15, 0.2) is 47.4 Å². The van der Waals surface area contributed by atoms with Gasteiger partial charge in [-0.15, -0.1) is 0 Å². The van der Waals surface area contributed by atoms with Gasteiger partial charge in [0.1, 0.15) is 6.54 Å². The summed E-state index contributed by atoms with van der Waals surface area (Å²) in [7, 11) is 0. The van der Waals surface area contributed by atoms with Gasteiger partial charge < -0.3 is 9.88 Å². The highest BCUT2D eigenvalue weighted by molar-refractivity contribution is 5.90. The number of amides is 1. The van der Waals surface area contributed by atoms with Gasteiger partial charge in [-0.2, -0.15) is 13.2 Å². The number of anilines is 1. The molecule has 1 heterocycles. The van der Waals surface area contributed by atoms with Crippen LogP contribution in [0.25, 0.3) is 0 Å². The Labute approximate surface area is 143 Å². The minimum atomic E-state index is -4.57. The van der Waals surface area contributed by atoms with Gasteiger partial charge in [0.15, 0.2) is 0 Å². The Morgan fingerprint density at radius 2 is 1.80 bits per heavy atom. The summed E-state index contributed by atoms with van der Waals surface area (Å²) in [5, 5.41) is 2.58. The van der Waals surface area contributed by atoms with Crippen molar-refractivity contribution >= 4 is 11.6 Å². The van der Waals surface area contributed by atoms with Crippen molar-refractivity contribution in [2.45, 2.75) is 38.9 Å². The van der Waals surface area contributed by atoms with Crippen LogP contribution in [0, 0.1) is 0 Å². The molecule has 25 heavy (non-hydrogen) atoms. The Hall–Kier alpha value is -2.57. The van der Waals surface area contributed by atoms with Crippen molar-refractivity contribution in [3.05, 3.63) is 64.1 Å². The van der Waals surface area contributed by atoms with Crippen LogP contribution in [-0.2, 0) is 23.9 Å². The Bertz CT molecular complexity index is 780. The highest BCUT2D eigenvalue weighted by Gasteiger charge is 2.31. The minimum absolute atomic E-state index is 0.486. The number of benzene rings is 1. The van der Waals surface area contributed by atoms with E-state index in [2.05, 4.69) is 12.2 Å². The zero-order valence-corrected chi connectivity index (χ0v) is 13.8. The number of carbonyl (C=O) groups excluding carboxylic acids is 1. The highest BCUT2D eigenvalue weighted by atomic mass is 19.4. The van der Waals surface area contributed by atoms with Gasteiger partial charge in [-0.25, -0.2) is 0 Å². The molecule has 134 valence electrons. The molecule has 0 aliphatic heterocycles. The lowest BCUT2D eigenvalue weighted by Gasteiger charge is -2.11.